The molecule has 1 fully saturated rings. The lowest BCUT2D eigenvalue weighted by Gasteiger charge is -2.16. The Morgan fingerprint density at radius 2 is 1.80 bits per heavy atom. The molecule has 0 atom stereocenters. The average molecular weight is 365 g/mol. The minimum Gasteiger partial charge on any atom is -0.350 e. The third-order valence-corrected chi connectivity index (χ3v) is 5.32. The zero-order valence-corrected chi connectivity index (χ0v) is 15.1. The molecule has 0 saturated carbocycles. The number of thioether (sulfide) groups is 1. The molecule has 1 aliphatic rings. The van der Waals surface area contributed by atoms with Gasteiger partial charge in [-0.15, -0.1) is 0 Å². The Morgan fingerprint density at radius 3 is 2.60 bits per heavy atom. The van der Waals surface area contributed by atoms with Crippen molar-refractivity contribution >= 4 is 56.9 Å². The normalized spacial score (nSPS) is 16.2. The monoisotopic (exact) mass is 365 g/mol. The van der Waals surface area contributed by atoms with Gasteiger partial charge in [-0.05, 0) is 36.5 Å². The van der Waals surface area contributed by atoms with Gasteiger partial charge >= 0.3 is 0 Å². The van der Waals surface area contributed by atoms with E-state index in [0.717, 1.165) is 22.2 Å². The predicted octanol–water partition coefficient (Wildman–Crippen LogP) is 4.41. The maximum absolute atomic E-state index is 12.7. The summed E-state index contributed by atoms with van der Waals surface area (Å²) in [6.07, 6.45) is 3.94. The Hall–Kier alpha value is -2.57. The molecule has 0 radical (unpaired) electrons. The van der Waals surface area contributed by atoms with Gasteiger partial charge < -0.3 is 4.57 Å². The third kappa shape index (κ3) is 2.94. The van der Waals surface area contributed by atoms with Gasteiger partial charge in [-0.2, -0.15) is 0 Å². The molecule has 1 amide bonds. The largest absolute Gasteiger partial charge is 0.350 e. The van der Waals surface area contributed by atoms with Gasteiger partial charge in [-0.25, -0.2) is 5.01 Å². The summed E-state index contributed by atoms with van der Waals surface area (Å²) in [5.41, 5.74) is 6.04. The van der Waals surface area contributed by atoms with Gasteiger partial charge in [-0.3, -0.25) is 10.2 Å². The summed E-state index contributed by atoms with van der Waals surface area (Å²) in [4.78, 5) is 13.4. The van der Waals surface area contributed by atoms with Crippen LogP contribution in [0.15, 0.2) is 65.7 Å². The van der Waals surface area contributed by atoms with Crippen molar-refractivity contribution in [3.63, 3.8) is 0 Å². The molecular weight excluding hydrogens is 350 g/mol. The SMILES string of the molecule is Cn1cc(/C=C2/SC(=S)N(Nc3ccccc3)C2=O)c2ccccc21. The number of aromatic nitrogens is 1. The molecule has 1 aliphatic heterocycles. The molecule has 0 aliphatic carbocycles. The summed E-state index contributed by atoms with van der Waals surface area (Å²) in [6, 6.07) is 17.7. The van der Waals surface area contributed by atoms with Crippen LogP contribution in [0.1, 0.15) is 5.56 Å². The van der Waals surface area contributed by atoms with E-state index in [1.807, 2.05) is 61.8 Å². The molecule has 25 heavy (non-hydrogen) atoms. The van der Waals surface area contributed by atoms with E-state index in [-0.39, 0.29) is 5.91 Å². The number of nitrogens with one attached hydrogen (secondary N) is 1. The fourth-order valence-electron chi connectivity index (χ4n) is 2.84. The van der Waals surface area contributed by atoms with Crippen LogP contribution in [0.2, 0.25) is 0 Å². The van der Waals surface area contributed by atoms with Gasteiger partial charge in [-0.1, -0.05) is 48.2 Å². The number of nitrogens with zero attached hydrogens (tertiary/aromatic N) is 2. The van der Waals surface area contributed by atoms with Crippen LogP contribution in [-0.2, 0) is 11.8 Å². The molecule has 1 aromatic heterocycles. The van der Waals surface area contributed by atoms with Gasteiger partial charge in [0.05, 0.1) is 10.6 Å². The molecule has 2 aromatic carbocycles. The summed E-state index contributed by atoms with van der Waals surface area (Å²) >= 11 is 6.68. The Labute approximate surface area is 155 Å². The van der Waals surface area contributed by atoms with Gasteiger partial charge in [0.25, 0.3) is 5.91 Å². The molecule has 0 unspecified atom stereocenters. The number of hydrogen-bond acceptors (Lipinski definition) is 4. The number of amides is 1. The highest BCUT2D eigenvalue weighted by atomic mass is 32.2. The molecular formula is C19H15N3OS2. The highest BCUT2D eigenvalue weighted by molar-refractivity contribution is 8.26. The number of benzene rings is 2. The first kappa shape index (κ1) is 15.9. The van der Waals surface area contributed by atoms with Gasteiger partial charge in [0.15, 0.2) is 4.32 Å². The number of fused-ring (bicyclic) bond motifs is 1. The maximum Gasteiger partial charge on any atom is 0.285 e. The molecule has 6 heteroatoms. The second kappa shape index (κ2) is 6.38. The molecule has 3 aromatic rings. The highest BCUT2D eigenvalue weighted by Gasteiger charge is 2.32. The fraction of sp³-hybridized carbons (Fsp3) is 0.0526. The lowest BCUT2D eigenvalue weighted by atomic mass is 10.1. The Balaban J connectivity index is 1.66. The van der Waals surface area contributed by atoms with Crippen LogP contribution in [0.25, 0.3) is 17.0 Å². The number of thiocarbonyl (C=S) groups is 1. The van der Waals surface area contributed by atoms with Crippen molar-refractivity contribution in [3.8, 4) is 0 Å². The Morgan fingerprint density at radius 1 is 1.08 bits per heavy atom. The van der Waals surface area contributed by atoms with Crippen LogP contribution in [-0.4, -0.2) is 19.8 Å². The van der Waals surface area contributed by atoms with E-state index < -0.39 is 0 Å². The number of rotatable bonds is 3. The summed E-state index contributed by atoms with van der Waals surface area (Å²) in [7, 11) is 2.00. The third-order valence-electron chi connectivity index (χ3n) is 4.02. The lowest BCUT2D eigenvalue weighted by molar-refractivity contribution is -0.121. The van der Waals surface area contributed by atoms with Gasteiger partial charge in [0, 0.05) is 29.7 Å². The van der Waals surface area contributed by atoms with Gasteiger partial charge in [0.1, 0.15) is 0 Å². The number of anilines is 1. The van der Waals surface area contributed by atoms with E-state index in [4.69, 9.17) is 12.2 Å². The number of aryl methyl sites for hydroxylation is 1. The molecule has 124 valence electrons. The van der Waals surface area contributed by atoms with E-state index in [9.17, 15) is 4.79 Å². The number of para-hydroxylation sites is 2. The van der Waals surface area contributed by atoms with Crippen molar-refractivity contribution in [2.75, 3.05) is 5.43 Å². The first-order valence-electron chi connectivity index (χ1n) is 7.77. The second-order valence-electron chi connectivity index (χ2n) is 5.71. The second-order valence-corrected chi connectivity index (χ2v) is 7.38. The van der Waals surface area contributed by atoms with Crippen molar-refractivity contribution in [3.05, 3.63) is 71.3 Å². The fourth-order valence-corrected chi connectivity index (χ4v) is 4.01. The standard InChI is InChI=1S/C19H15N3OS2/c1-21-12-13(15-9-5-6-10-16(15)21)11-17-18(23)22(19(24)25-17)20-14-7-3-2-4-8-14/h2-12,20H,1H3/b17-11+. The van der Waals surface area contributed by atoms with E-state index in [0.29, 0.717) is 9.23 Å². The first-order chi connectivity index (χ1) is 12.1. The molecule has 0 bridgehead atoms. The van der Waals surface area contributed by atoms with E-state index >= 15 is 0 Å². The number of hydrogen-bond donors (Lipinski definition) is 1. The Bertz CT molecular complexity index is 1010. The number of carbonyl (C=O) groups is 1. The van der Waals surface area contributed by atoms with Crippen molar-refractivity contribution < 1.29 is 4.79 Å². The summed E-state index contributed by atoms with van der Waals surface area (Å²) in [6.45, 7) is 0. The van der Waals surface area contributed by atoms with Crippen molar-refractivity contribution in [2.45, 2.75) is 0 Å². The van der Waals surface area contributed by atoms with Crippen LogP contribution >= 0.6 is 24.0 Å². The van der Waals surface area contributed by atoms with Crippen LogP contribution in [0.5, 0.6) is 0 Å². The van der Waals surface area contributed by atoms with Crippen molar-refractivity contribution in [2.24, 2.45) is 7.05 Å². The maximum atomic E-state index is 12.7. The number of carbonyl (C=O) groups excluding carboxylic acids is 1. The lowest BCUT2D eigenvalue weighted by Crippen LogP contribution is -2.33. The van der Waals surface area contributed by atoms with E-state index in [1.165, 1.54) is 16.8 Å². The summed E-state index contributed by atoms with van der Waals surface area (Å²) < 4.78 is 2.56. The highest BCUT2D eigenvalue weighted by Crippen LogP contribution is 2.34. The van der Waals surface area contributed by atoms with Crippen molar-refractivity contribution in [1.82, 2.24) is 9.58 Å². The van der Waals surface area contributed by atoms with Crippen LogP contribution in [0.4, 0.5) is 5.69 Å². The van der Waals surface area contributed by atoms with E-state index in [2.05, 4.69) is 22.1 Å². The quantitative estimate of drug-likeness (QED) is 0.551. The molecule has 1 N–H and O–H groups in total. The van der Waals surface area contributed by atoms with Crippen LogP contribution in [0.3, 0.4) is 0 Å². The summed E-state index contributed by atoms with van der Waals surface area (Å²) in [5.74, 6) is -0.133. The van der Waals surface area contributed by atoms with Crippen LogP contribution < -0.4 is 5.43 Å². The van der Waals surface area contributed by atoms with E-state index in [1.54, 1.807) is 0 Å². The molecule has 4 nitrogen and oxygen atoms in total. The van der Waals surface area contributed by atoms with Crippen molar-refractivity contribution in [1.29, 1.82) is 0 Å². The molecule has 1 saturated heterocycles. The zero-order valence-electron chi connectivity index (χ0n) is 13.5. The zero-order chi connectivity index (χ0) is 17.4. The molecule has 2 heterocycles. The molecule has 0 spiro atoms. The predicted molar refractivity (Wildman–Crippen MR) is 108 cm³/mol. The molecule has 4 rings (SSSR count). The minimum absolute atomic E-state index is 0.133. The summed E-state index contributed by atoms with van der Waals surface area (Å²) in [5, 5.41) is 2.54. The minimum atomic E-state index is -0.133. The topological polar surface area (TPSA) is 37.3 Å². The number of hydrazine groups is 1. The van der Waals surface area contributed by atoms with Crippen LogP contribution in [0, 0.1) is 0 Å². The Kier molecular flexibility index (Phi) is 4.07. The van der Waals surface area contributed by atoms with Gasteiger partial charge in [0.2, 0.25) is 0 Å². The average Bonchev–Trinajstić information content (AvgIpc) is 3.08. The first-order valence-corrected chi connectivity index (χ1v) is 9.00. The smallest absolute Gasteiger partial charge is 0.285 e.